The zero-order valence-corrected chi connectivity index (χ0v) is 8.14. The first-order valence-electron chi connectivity index (χ1n) is 4.92. The molecule has 0 aliphatic carbocycles. The highest BCUT2D eigenvalue weighted by molar-refractivity contribution is 5.93. The second kappa shape index (κ2) is 3.24. The largest absolute Gasteiger partial charge is 0.361 e. The summed E-state index contributed by atoms with van der Waals surface area (Å²) in [6.07, 6.45) is 5.60. The first-order chi connectivity index (χ1) is 7.45. The lowest BCUT2D eigenvalue weighted by atomic mass is 10.0. The molecule has 0 spiro atoms. The third-order valence-corrected chi connectivity index (χ3v) is 2.58. The van der Waals surface area contributed by atoms with Crippen LogP contribution >= 0.6 is 0 Å². The van der Waals surface area contributed by atoms with E-state index in [4.69, 9.17) is 0 Å². The van der Waals surface area contributed by atoms with Crippen LogP contribution in [0.15, 0.2) is 55.0 Å². The maximum Gasteiger partial charge on any atom is 0.0533 e. The van der Waals surface area contributed by atoms with Crippen molar-refractivity contribution in [3.63, 3.8) is 0 Å². The van der Waals surface area contributed by atoms with Crippen molar-refractivity contribution in [1.29, 1.82) is 0 Å². The Balaban J connectivity index is 2.31. The van der Waals surface area contributed by atoms with Crippen LogP contribution in [0, 0.1) is 0 Å². The zero-order valence-electron chi connectivity index (χ0n) is 8.14. The molecule has 0 aliphatic heterocycles. The van der Waals surface area contributed by atoms with Gasteiger partial charge in [-0.15, -0.1) is 0 Å². The quantitative estimate of drug-likeness (QED) is 0.633. The molecule has 0 fully saturated rings. The first kappa shape index (κ1) is 8.24. The van der Waals surface area contributed by atoms with E-state index in [0.29, 0.717) is 0 Å². The molecule has 1 N–H and O–H groups in total. The fraction of sp³-hybridized carbons (Fsp3) is 0. The van der Waals surface area contributed by atoms with Crippen LogP contribution < -0.4 is 0 Å². The molecule has 0 amide bonds. The van der Waals surface area contributed by atoms with Gasteiger partial charge in [0.15, 0.2) is 0 Å². The molecule has 0 saturated carbocycles. The third kappa shape index (κ3) is 1.31. The molecule has 0 radical (unpaired) electrons. The summed E-state index contributed by atoms with van der Waals surface area (Å²) in [4.78, 5) is 7.29. The highest BCUT2D eigenvalue weighted by atomic mass is 14.7. The first-order valence-corrected chi connectivity index (χ1v) is 4.92. The number of rotatable bonds is 1. The van der Waals surface area contributed by atoms with Gasteiger partial charge in [0.25, 0.3) is 0 Å². The van der Waals surface area contributed by atoms with E-state index in [2.05, 4.69) is 34.2 Å². The molecule has 0 bridgehead atoms. The number of hydrogen-bond acceptors (Lipinski definition) is 1. The van der Waals surface area contributed by atoms with Gasteiger partial charge in [-0.3, -0.25) is 4.98 Å². The molecule has 0 saturated heterocycles. The van der Waals surface area contributed by atoms with E-state index >= 15 is 0 Å². The second-order valence-electron chi connectivity index (χ2n) is 3.48. The smallest absolute Gasteiger partial charge is 0.0533 e. The van der Waals surface area contributed by atoms with Gasteiger partial charge in [-0.2, -0.15) is 0 Å². The maximum atomic E-state index is 4.03. The Morgan fingerprint density at radius 1 is 0.933 bits per heavy atom. The number of H-pyrrole nitrogens is 1. The van der Waals surface area contributed by atoms with Crippen LogP contribution in [0.3, 0.4) is 0 Å². The number of hydrogen-bond donors (Lipinski definition) is 1. The Hall–Kier alpha value is -2.09. The van der Waals surface area contributed by atoms with Crippen LogP contribution in [-0.2, 0) is 0 Å². The predicted octanol–water partition coefficient (Wildman–Crippen LogP) is 3.23. The highest BCUT2D eigenvalue weighted by Gasteiger charge is 2.02. The van der Waals surface area contributed by atoms with Crippen molar-refractivity contribution in [1.82, 2.24) is 9.97 Å². The number of benzene rings is 1. The van der Waals surface area contributed by atoms with E-state index in [1.165, 1.54) is 22.0 Å². The van der Waals surface area contributed by atoms with Crippen molar-refractivity contribution in [3.05, 3.63) is 55.0 Å². The molecule has 2 aromatic heterocycles. The second-order valence-corrected chi connectivity index (χ2v) is 3.48. The Labute approximate surface area is 87.6 Å². The molecule has 0 aliphatic rings. The van der Waals surface area contributed by atoms with Gasteiger partial charge in [-0.05, 0) is 29.1 Å². The maximum absolute atomic E-state index is 4.03. The molecule has 0 atom stereocenters. The summed E-state index contributed by atoms with van der Waals surface area (Å²) in [6, 6.07) is 12.4. The fourth-order valence-corrected chi connectivity index (χ4v) is 1.86. The topological polar surface area (TPSA) is 28.7 Å². The molecule has 2 nitrogen and oxygen atoms in total. The van der Waals surface area contributed by atoms with Crippen LogP contribution in [-0.4, -0.2) is 9.97 Å². The monoisotopic (exact) mass is 194 g/mol. The van der Waals surface area contributed by atoms with Crippen LogP contribution in [0.2, 0.25) is 0 Å². The average molecular weight is 194 g/mol. The van der Waals surface area contributed by atoms with Gasteiger partial charge >= 0.3 is 0 Å². The molecule has 2 heteroatoms. The van der Waals surface area contributed by atoms with Crippen molar-refractivity contribution in [2.75, 3.05) is 0 Å². The van der Waals surface area contributed by atoms with Gasteiger partial charge in [0.1, 0.15) is 0 Å². The number of nitrogens with zero attached hydrogens (tertiary/aromatic N) is 1. The summed E-state index contributed by atoms with van der Waals surface area (Å²) >= 11 is 0. The minimum Gasteiger partial charge on any atom is -0.361 e. The average Bonchev–Trinajstić information content (AvgIpc) is 2.78. The van der Waals surface area contributed by atoms with E-state index in [1.54, 1.807) is 0 Å². The molecular weight excluding hydrogens is 184 g/mol. The molecule has 3 aromatic rings. The highest BCUT2D eigenvalue weighted by Crippen LogP contribution is 2.26. The van der Waals surface area contributed by atoms with Crippen LogP contribution in [0.25, 0.3) is 22.0 Å². The van der Waals surface area contributed by atoms with Gasteiger partial charge < -0.3 is 4.98 Å². The Kier molecular flexibility index (Phi) is 1.78. The number of aromatic amines is 1. The summed E-state index contributed by atoms with van der Waals surface area (Å²) in [5.41, 5.74) is 3.60. The molecule has 3 rings (SSSR count). The molecule has 1 aromatic carbocycles. The molecule has 15 heavy (non-hydrogen) atoms. The summed E-state index contributed by atoms with van der Waals surface area (Å²) in [7, 11) is 0. The van der Waals surface area contributed by atoms with Gasteiger partial charge in [0.2, 0.25) is 0 Å². The summed E-state index contributed by atoms with van der Waals surface area (Å²) < 4.78 is 0. The Bertz CT molecular complexity index is 582. The van der Waals surface area contributed by atoms with Crippen LogP contribution in [0.4, 0.5) is 0 Å². The minimum atomic E-state index is 1.18. The van der Waals surface area contributed by atoms with E-state index in [0.717, 1.165) is 0 Å². The summed E-state index contributed by atoms with van der Waals surface area (Å²) in [6.45, 7) is 0. The van der Waals surface area contributed by atoms with E-state index in [9.17, 15) is 0 Å². The Morgan fingerprint density at radius 2 is 1.80 bits per heavy atom. The number of pyridine rings is 1. The fourth-order valence-electron chi connectivity index (χ4n) is 1.86. The number of fused-ring (bicyclic) bond motifs is 1. The van der Waals surface area contributed by atoms with Gasteiger partial charge in [-0.1, -0.05) is 18.2 Å². The normalized spacial score (nSPS) is 10.7. The SMILES string of the molecule is c1cc(-c2ccncc2)c2[nH]ccc2c1. The molecule has 72 valence electrons. The van der Waals surface area contributed by atoms with E-state index in [1.807, 2.05) is 30.7 Å². The molecular formula is C13H10N2. The Morgan fingerprint density at radius 3 is 2.67 bits per heavy atom. The van der Waals surface area contributed by atoms with Crippen molar-refractivity contribution in [2.45, 2.75) is 0 Å². The van der Waals surface area contributed by atoms with Crippen molar-refractivity contribution in [3.8, 4) is 11.1 Å². The number of para-hydroxylation sites is 1. The minimum absolute atomic E-state index is 1.18. The lowest BCUT2D eigenvalue weighted by Gasteiger charge is -2.02. The third-order valence-electron chi connectivity index (χ3n) is 2.58. The summed E-state index contributed by atoms with van der Waals surface area (Å²) in [5, 5.41) is 1.24. The standard InChI is InChI=1S/C13H10N2/c1-2-11-6-9-15-13(11)12(3-1)10-4-7-14-8-5-10/h1-9,15H. The zero-order chi connectivity index (χ0) is 10.1. The number of aromatic nitrogens is 2. The lowest BCUT2D eigenvalue weighted by Crippen LogP contribution is -1.80. The van der Waals surface area contributed by atoms with Crippen molar-refractivity contribution in [2.24, 2.45) is 0 Å². The molecule has 0 unspecified atom stereocenters. The van der Waals surface area contributed by atoms with Crippen molar-refractivity contribution >= 4 is 10.9 Å². The predicted molar refractivity (Wildman–Crippen MR) is 61.5 cm³/mol. The molecule has 2 heterocycles. The van der Waals surface area contributed by atoms with Crippen LogP contribution in [0.5, 0.6) is 0 Å². The van der Waals surface area contributed by atoms with E-state index in [-0.39, 0.29) is 0 Å². The van der Waals surface area contributed by atoms with E-state index < -0.39 is 0 Å². The summed E-state index contributed by atoms with van der Waals surface area (Å²) in [5.74, 6) is 0. The van der Waals surface area contributed by atoms with Gasteiger partial charge in [0.05, 0.1) is 5.52 Å². The lowest BCUT2D eigenvalue weighted by molar-refractivity contribution is 1.33. The van der Waals surface area contributed by atoms with Crippen LogP contribution in [0.1, 0.15) is 0 Å². The van der Waals surface area contributed by atoms with Gasteiger partial charge in [0, 0.05) is 24.2 Å². The van der Waals surface area contributed by atoms with Gasteiger partial charge in [-0.25, -0.2) is 0 Å². The number of nitrogens with one attached hydrogen (secondary N) is 1. The van der Waals surface area contributed by atoms with Crippen molar-refractivity contribution < 1.29 is 0 Å².